The van der Waals surface area contributed by atoms with Gasteiger partial charge in [0.15, 0.2) is 0 Å². The van der Waals surface area contributed by atoms with Gasteiger partial charge in [-0.25, -0.2) is 0 Å². The van der Waals surface area contributed by atoms with E-state index < -0.39 is 0 Å². The fraction of sp³-hybridized carbons (Fsp3) is 0.143. The minimum absolute atomic E-state index is 1.05. The van der Waals surface area contributed by atoms with E-state index in [0.29, 0.717) is 0 Å². The molecule has 0 radical (unpaired) electrons. The van der Waals surface area contributed by atoms with Crippen molar-refractivity contribution in [1.29, 1.82) is 0 Å². The van der Waals surface area contributed by atoms with Gasteiger partial charge in [-0.05, 0) is 64.8 Å². The normalized spacial score (nSPS) is 12.1. The van der Waals surface area contributed by atoms with E-state index in [9.17, 15) is 0 Å². The first-order chi connectivity index (χ1) is 10.3. The Morgan fingerprint density at radius 3 is 2.05 bits per heavy atom. The topological polar surface area (TPSA) is 0 Å². The molecule has 0 saturated carbocycles. The lowest BCUT2D eigenvalue weighted by Crippen LogP contribution is -1.93. The van der Waals surface area contributed by atoms with Crippen molar-refractivity contribution in [3.05, 3.63) is 82.9 Å². The van der Waals surface area contributed by atoms with Crippen molar-refractivity contribution >= 4 is 0 Å². The molecule has 0 spiro atoms. The summed E-state index contributed by atoms with van der Waals surface area (Å²) in [7, 11) is 0. The predicted molar refractivity (Wildman–Crippen MR) is 89.6 cm³/mol. The zero-order chi connectivity index (χ0) is 14.4. The van der Waals surface area contributed by atoms with Crippen molar-refractivity contribution < 1.29 is 0 Å². The van der Waals surface area contributed by atoms with E-state index in [1.54, 1.807) is 0 Å². The van der Waals surface area contributed by atoms with Crippen LogP contribution < -0.4 is 0 Å². The van der Waals surface area contributed by atoms with E-state index in [0.717, 1.165) is 6.42 Å². The van der Waals surface area contributed by atoms with Crippen LogP contribution >= 0.6 is 0 Å². The minimum Gasteiger partial charge on any atom is -0.0619 e. The minimum atomic E-state index is 1.05. The van der Waals surface area contributed by atoms with Crippen LogP contribution in [0.25, 0.3) is 22.3 Å². The van der Waals surface area contributed by atoms with Crippen molar-refractivity contribution in [1.82, 2.24) is 0 Å². The molecular formula is C21H18. The van der Waals surface area contributed by atoms with Crippen LogP contribution in [0.3, 0.4) is 0 Å². The van der Waals surface area contributed by atoms with E-state index in [4.69, 9.17) is 0 Å². The zero-order valence-electron chi connectivity index (χ0n) is 12.5. The maximum atomic E-state index is 2.28. The van der Waals surface area contributed by atoms with Gasteiger partial charge in [0, 0.05) is 0 Å². The second kappa shape index (κ2) is 4.60. The van der Waals surface area contributed by atoms with Gasteiger partial charge >= 0.3 is 0 Å². The molecule has 3 aromatic carbocycles. The molecule has 0 amide bonds. The van der Waals surface area contributed by atoms with Gasteiger partial charge in [-0.15, -0.1) is 0 Å². The lowest BCUT2D eigenvalue weighted by Gasteiger charge is -2.14. The Morgan fingerprint density at radius 1 is 0.619 bits per heavy atom. The van der Waals surface area contributed by atoms with Crippen LogP contribution in [-0.2, 0) is 6.42 Å². The molecule has 0 N–H and O–H groups in total. The Balaban J connectivity index is 1.99. The van der Waals surface area contributed by atoms with Gasteiger partial charge in [-0.1, -0.05) is 60.7 Å². The fourth-order valence-corrected chi connectivity index (χ4v) is 3.63. The number of aryl methyl sites for hydroxylation is 2. The number of hydrogen-bond acceptors (Lipinski definition) is 0. The summed E-state index contributed by atoms with van der Waals surface area (Å²) in [5.74, 6) is 0. The molecule has 0 aliphatic heterocycles. The summed E-state index contributed by atoms with van der Waals surface area (Å²) in [6.45, 7) is 4.42. The van der Waals surface area contributed by atoms with E-state index in [1.165, 1.54) is 44.5 Å². The molecule has 3 aromatic rings. The highest BCUT2D eigenvalue weighted by Gasteiger charge is 2.21. The molecule has 102 valence electrons. The Hall–Kier alpha value is -2.34. The highest BCUT2D eigenvalue weighted by atomic mass is 14.3. The maximum Gasteiger partial charge on any atom is -0.000728 e. The lowest BCUT2D eigenvalue weighted by atomic mass is 9.90. The molecule has 21 heavy (non-hydrogen) atoms. The molecular weight excluding hydrogens is 252 g/mol. The van der Waals surface area contributed by atoms with E-state index >= 15 is 0 Å². The molecule has 0 bridgehead atoms. The summed E-state index contributed by atoms with van der Waals surface area (Å²) in [6.07, 6.45) is 1.05. The van der Waals surface area contributed by atoms with Crippen LogP contribution in [-0.4, -0.2) is 0 Å². The SMILES string of the molecule is Cc1cccc(C)c1-c1cccc2c1Cc1ccccc1-2. The van der Waals surface area contributed by atoms with Gasteiger partial charge in [0.25, 0.3) is 0 Å². The van der Waals surface area contributed by atoms with E-state index in [2.05, 4.69) is 74.5 Å². The van der Waals surface area contributed by atoms with Crippen LogP contribution in [0.1, 0.15) is 22.3 Å². The summed E-state index contributed by atoms with van der Waals surface area (Å²) in [4.78, 5) is 0. The van der Waals surface area contributed by atoms with Crippen molar-refractivity contribution in [3.8, 4) is 22.3 Å². The second-order valence-corrected chi connectivity index (χ2v) is 5.93. The molecule has 1 aliphatic carbocycles. The predicted octanol–water partition coefficient (Wildman–Crippen LogP) is 5.54. The molecule has 0 fully saturated rings. The summed E-state index contributed by atoms with van der Waals surface area (Å²) < 4.78 is 0. The lowest BCUT2D eigenvalue weighted by molar-refractivity contribution is 1.25. The van der Waals surface area contributed by atoms with Crippen molar-refractivity contribution in [2.45, 2.75) is 20.3 Å². The Morgan fingerprint density at radius 2 is 1.24 bits per heavy atom. The molecule has 0 heterocycles. The van der Waals surface area contributed by atoms with Crippen LogP contribution in [0.15, 0.2) is 60.7 Å². The molecule has 0 unspecified atom stereocenters. The summed E-state index contributed by atoms with van der Waals surface area (Å²) >= 11 is 0. The van der Waals surface area contributed by atoms with Gasteiger partial charge in [-0.2, -0.15) is 0 Å². The largest absolute Gasteiger partial charge is 0.0619 e. The Labute approximate surface area is 126 Å². The molecule has 1 aliphatic rings. The Kier molecular flexibility index (Phi) is 2.71. The first kappa shape index (κ1) is 12.4. The van der Waals surface area contributed by atoms with Gasteiger partial charge in [0.1, 0.15) is 0 Å². The number of benzene rings is 3. The van der Waals surface area contributed by atoms with Gasteiger partial charge < -0.3 is 0 Å². The maximum absolute atomic E-state index is 2.28. The third kappa shape index (κ3) is 1.83. The third-order valence-corrected chi connectivity index (χ3v) is 4.60. The van der Waals surface area contributed by atoms with Crippen molar-refractivity contribution in [2.24, 2.45) is 0 Å². The molecule has 0 heteroatoms. The highest BCUT2D eigenvalue weighted by molar-refractivity contribution is 5.86. The average Bonchev–Trinajstić information content (AvgIpc) is 2.87. The number of hydrogen-bond donors (Lipinski definition) is 0. The highest BCUT2D eigenvalue weighted by Crippen LogP contribution is 2.42. The molecule has 0 aromatic heterocycles. The van der Waals surface area contributed by atoms with Crippen LogP contribution in [0, 0.1) is 13.8 Å². The smallest absolute Gasteiger partial charge is 0.000728 e. The van der Waals surface area contributed by atoms with E-state index in [1.807, 2.05) is 0 Å². The second-order valence-electron chi connectivity index (χ2n) is 5.93. The first-order valence-electron chi connectivity index (χ1n) is 7.52. The first-order valence-corrected chi connectivity index (χ1v) is 7.52. The van der Waals surface area contributed by atoms with Crippen LogP contribution in [0.5, 0.6) is 0 Å². The summed E-state index contributed by atoms with van der Waals surface area (Å²) in [5, 5.41) is 0. The summed E-state index contributed by atoms with van der Waals surface area (Å²) in [6, 6.07) is 22.1. The standard InChI is InChI=1S/C21H18/c1-14-7-5-8-15(2)21(14)19-12-6-11-18-17-10-4-3-9-16(17)13-20(18)19/h3-12H,13H2,1-2H3. The number of rotatable bonds is 1. The fourth-order valence-electron chi connectivity index (χ4n) is 3.63. The van der Waals surface area contributed by atoms with Gasteiger partial charge in [0.05, 0.1) is 0 Å². The van der Waals surface area contributed by atoms with Crippen LogP contribution in [0.4, 0.5) is 0 Å². The van der Waals surface area contributed by atoms with Gasteiger partial charge in [0.2, 0.25) is 0 Å². The third-order valence-electron chi connectivity index (χ3n) is 4.60. The quantitative estimate of drug-likeness (QED) is 0.426. The van der Waals surface area contributed by atoms with Crippen molar-refractivity contribution in [2.75, 3.05) is 0 Å². The average molecular weight is 270 g/mol. The van der Waals surface area contributed by atoms with E-state index in [-0.39, 0.29) is 0 Å². The molecule has 4 rings (SSSR count). The summed E-state index contributed by atoms with van der Waals surface area (Å²) in [5.41, 5.74) is 11.3. The van der Waals surface area contributed by atoms with Crippen molar-refractivity contribution in [3.63, 3.8) is 0 Å². The molecule has 0 atom stereocenters. The van der Waals surface area contributed by atoms with Crippen LogP contribution in [0.2, 0.25) is 0 Å². The molecule has 0 nitrogen and oxygen atoms in total. The zero-order valence-corrected chi connectivity index (χ0v) is 12.5. The van der Waals surface area contributed by atoms with Gasteiger partial charge in [-0.3, -0.25) is 0 Å². The Bertz CT molecular complexity index is 820. The molecule has 0 saturated heterocycles. The number of fused-ring (bicyclic) bond motifs is 3. The monoisotopic (exact) mass is 270 g/mol.